The Morgan fingerprint density at radius 2 is 1.87 bits per heavy atom. The second kappa shape index (κ2) is 7.25. The molecule has 0 aromatic heterocycles. The Morgan fingerprint density at radius 3 is 2.58 bits per heavy atom. The van der Waals surface area contributed by atoms with E-state index >= 15 is 0 Å². The van der Waals surface area contributed by atoms with Crippen molar-refractivity contribution in [1.29, 1.82) is 0 Å². The van der Waals surface area contributed by atoms with E-state index in [2.05, 4.69) is 4.99 Å². The highest BCUT2D eigenvalue weighted by atomic mass is 16.5. The van der Waals surface area contributed by atoms with Crippen molar-refractivity contribution in [3.05, 3.63) is 89.5 Å². The second-order valence-electron chi connectivity index (χ2n) is 7.99. The van der Waals surface area contributed by atoms with Gasteiger partial charge in [-0.2, -0.15) is 0 Å². The SMILES string of the molecule is CN1C(=O)C2(CC(c3ccccc3)Oc3ccc(-c4cccc(CO)c4)cc32)N=C1N. The Morgan fingerprint density at radius 1 is 1.10 bits per heavy atom. The molecule has 156 valence electrons. The highest BCUT2D eigenvalue weighted by Gasteiger charge is 2.53. The summed E-state index contributed by atoms with van der Waals surface area (Å²) in [5.41, 5.74) is 9.36. The first kappa shape index (κ1) is 19.3. The molecule has 1 spiro atoms. The van der Waals surface area contributed by atoms with Crippen LogP contribution in [0.5, 0.6) is 5.75 Å². The van der Waals surface area contributed by atoms with Gasteiger partial charge in [-0.1, -0.05) is 54.6 Å². The minimum absolute atomic E-state index is 0.0330. The molecule has 2 unspecified atom stereocenters. The highest BCUT2D eigenvalue weighted by molar-refractivity contribution is 6.07. The van der Waals surface area contributed by atoms with Crippen LogP contribution >= 0.6 is 0 Å². The van der Waals surface area contributed by atoms with Crippen LogP contribution in [0.3, 0.4) is 0 Å². The van der Waals surface area contributed by atoms with Gasteiger partial charge >= 0.3 is 0 Å². The van der Waals surface area contributed by atoms with E-state index in [0.29, 0.717) is 17.7 Å². The number of hydrogen-bond acceptors (Lipinski definition) is 5. The molecule has 2 atom stereocenters. The third-order valence-corrected chi connectivity index (χ3v) is 6.10. The van der Waals surface area contributed by atoms with Crippen LogP contribution in [0.15, 0.2) is 77.8 Å². The summed E-state index contributed by atoms with van der Waals surface area (Å²) in [6, 6.07) is 23.4. The van der Waals surface area contributed by atoms with E-state index in [9.17, 15) is 9.90 Å². The number of likely N-dealkylation sites (N-methyl/N-ethyl adjacent to an activating group) is 1. The summed E-state index contributed by atoms with van der Waals surface area (Å²) in [5.74, 6) is 0.677. The van der Waals surface area contributed by atoms with Gasteiger partial charge in [-0.3, -0.25) is 9.69 Å². The molecular weight excluding hydrogens is 390 g/mol. The lowest BCUT2D eigenvalue weighted by atomic mass is 9.79. The van der Waals surface area contributed by atoms with Gasteiger partial charge < -0.3 is 15.6 Å². The third-order valence-electron chi connectivity index (χ3n) is 6.10. The van der Waals surface area contributed by atoms with Gasteiger partial charge in [-0.15, -0.1) is 0 Å². The number of rotatable bonds is 3. The molecule has 6 heteroatoms. The van der Waals surface area contributed by atoms with E-state index in [1.165, 1.54) is 4.90 Å². The Kier molecular flexibility index (Phi) is 4.52. The summed E-state index contributed by atoms with van der Waals surface area (Å²) in [4.78, 5) is 19.5. The Balaban J connectivity index is 1.66. The molecule has 0 aliphatic carbocycles. The number of nitrogens with zero attached hydrogens (tertiary/aromatic N) is 2. The molecule has 2 aliphatic rings. The number of benzene rings is 3. The maximum Gasteiger partial charge on any atom is 0.261 e. The lowest BCUT2D eigenvalue weighted by Crippen LogP contribution is -2.43. The van der Waals surface area contributed by atoms with Gasteiger partial charge in [0.25, 0.3) is 5.91 Å². The Hall–Kier alpha value is -3.64. The molecule has 0 saturated carbocycles. The first-order chi connectivity index (χ1) is 15.0. The molecule has 0 fully saturated rings. The van der Waals surface area contributed by atoms with Crippen molar-refractivity contribution in [2.75, 3.05) is 7.05 Å². The van der Waals surface area contributed by atoms with Crippen molar-refractivity contribution < 1.29 is 14.6 Å². The number of amides is 1. The van der Waals surface area contributed by atoms with Crippen molar-refractivity contribution >= 4 is 11.9 Å². The summed E-state index contributed by atoms with van der Waals surface area (Å²) < 4.78 is 6.34. The molecule has 1 amide bonds. The average Bonchev–Trinajstić information content (AvgIpc) is 3.03. The molecule has 2 aliphatic heterocycles. The number of aliphatic hydroxyl groups is 1. The zero-order chi connectivity index (χ0) is 21.6. The minimum Gasteiger partial charge on any atom is -0.485 e. The molecule has 31 heavy (non-hydrogen) atoms. The third kappa shape index (κ3) is 3.07. The largest absolute Gasteiger partial charge is 0.485 e. The fourth-order valence-electron chi connectivity index (χ4n) is 4.42. The van der Waals surface area contributed by atoms with Crippen LogP contribution in [0.2, 0.25) is 0 Å². The van der Waals surface area contributed by atoms with Crippen LogP contribution in [-0.2, 0) is 16.9 Å². The monoisotopic (exact) mass is 413 g/mol. The van der Waals surface area contributed by atoms with Gasteiger partial charge in [-0.25, -0.2) is 4.99 Å². The quantitative estimate of drug-likeness (QED) is 0.689. The molecule has 3 aromatic carbocycles. The minimum atomic E-state index is -1.13. The molecular formula is C25H23N3O3. The van der Waals surface area contributed by atoms with Crippen molar-refractivity contribution in [1.82, 2.24) is 4.90 Å². The van der Waals surface area contributed by atoms with Crippen LogP contribution in [0.25, 0.3) is 11.1 Å². The first-order valence-corrected chi connectivity index (χ1v) is 10.2. The van der Waals surface area contributed by atoms with Gasteiger partial charge in [0.1, 0.15) is 11.9 Å². The summed E-state index contributed by atoms with van der Waals surface area (Å²) in [7, 11) is 1.65. The maximum absolute atomic E-state index is 13.4. The Bertz CT molecular complexity index is 1190. The molecule has 5 rings (SSSR count). The van der Waals surface area contributed by atoms with E-state index < -0.39 is 5.54 Å². The van der Waals surface area contributed by atoms with Gasteiger partial charge in [-0.05, 0) is 40.5 Å². The number of carbonyl (C=O) groups is 1. The average molecular weight is 413 g/mol. The molecule has 2 heterocycles. The van der Waals surface area contributed by atoms with Gasteiger partial charge in [0, 0.05) is 19.0 Å². The van der Waals surface area contributed by atoms with E-state index in [0.717, 1.165) is 22.3 Å². The summed E-state index contributed by atoms with van der Waals surface area (Å²) >= 11 is 0. The number of guanidine groups is 1. The van der Waals surface area contributed by atoms with Crippen molar-refractivity contribution in [3.63, 3.8) is 0 Å². The fourth-order valence-corrected chi connectivity index (χ4v) is 4.42. The van der Waals surface area contributed by atoms with E-state index in [1.54, 1.807) is 7.05 Å². The van der Waals surface area contributed by atoms with Gasteiger partial charge in [0.05, 0.1) is 6.61 Å². The van der Waals surface area contributed by atoms with Crippen molar-refractivity contribution in [2.45, 2.75) is 24.7 Å². The predicted octanol–water partition coefficient (Wildman–Crippen LogP) is 3.35. The lowest BCUT2D eigenvalue weighted by molar-refractivity contribution is -0.132. The number of carbonyl (C=O) groups excluding carboxylic acids is 1. The highest BCUT2D eigenvalue weighted by Crippen LogP contribution is 2.50. The zero-order valence-electron chi connectivity index (χ0n) is 17.2. The molecule has 6 nitrogen and oxygen atoms in total. The number of fused-ring (bicyclic) bond motifs is 2. The maximum atomic E-state index is 13.4. The predicted molar refractivity (Wildman–Crippen MR) is 118 cm³/mol. The van der Waals surface area contributed by atoms with Crippen LogP contribution in [0.1, 0.15) is 29.2 Å². The normalized spacial score (nSPS) is 22.3. The summed E-state index contributed by atoms with van der Waals surface area (Å²) in [6.07, 6.45) is 0.0536. The molecule has 0 saturated heterocycles. The second-order valence-corrected chi connectivity index (χ2v) is 7.99. The number of aliphatic imine (C=N–C) groups is 1. The first-order valence-electron chi connectivity index (χ1n) is 10.2. The van der Waals surface area contributed by atoms with E-state index in [4.69, 9.17) is 10.5 Å². The molecule has 0 radical (unpaired) electrons. The van der Waals surface area contributed by atoms with Crippen molar-refractivity contribution in [3.8, 4) is 16.9 Å². The fraction of sp³-hybridized carbons (Fsp3) is 0.200. The van der Waals surface area contributed by atoms with Crippen LogP contribution in [0, 0.1) is 0 Å². The summed E-state index contributed by atoms with van der Waals surface area (Å²) in [5, 5.41) is 9.50. The molecule has 0 bridgehead atoms. The van der Waals surface area contributed by atoms with Crippen LogP contribution in [0.4, 0.5) is 0 Å². The number of nitrogens with two attached hydrogens (primary N) is 1. The van der Waals surface area contributed by atoms with E-state index in [1.807, 2.05) is 72.8 Å². The number of aliphatic hydroxyl groups excluding tert-OH is 1. The molecule has 3 aromatic rings. The number of hydrogen-bond donors (Lipinski definition) is 2. The molecule has 3 N–H and O–H groups in total. The number of ether oxygens (including phenoxy) is 1. The van der Waals surface area contributed by atoms with E-state index in [-0.39, 0.29) is 24.6 Å². The smallest absolute Gasteiger partial charge is 0.261 e. The topological polar surface area (TPSA) is 88.2 Å². The summed E-state index contributed by atoms with van der Waals surface area (Å²) in [6.45, 7) is -0.0330. The van der Waals surface area contributed by atoms with Gasteiger partial charge in [0.15, 0.2) is 11.5 Å². The van der Waals surface area contributed by atoms with Crippen molar-refractivity contribution in [2.24, 2.45) is 10.7 Å². The van der Waals surface area contributed by atoms with Crippen LogP contribution < -0.4 is 10.5 Å². The zero-order valence-corrected chi connectivity index (χ0v) is 17.2. The lowest BCUT2D eigenvalue weighted by Gasteiger charge is -2.37. The van der Waals surface area contributed by atoms with Gasteiger partial charge in [0.2, 0.25) is 0 Å². The Labute approximate surface area is 180 Å². The van der Waals surface area contributed by atoms with Crippen LogP contribution in [-0.4, -0.2) is 28.9 Å². The standard InChI is InChI=1S/C25H23N3O3/c1-28-23(30)25(27-24(28)26)14-22(17-7-3-2-4-8-17)31-21-11-10-19(13-20(21)25)18-9-5-6-16(12-18)15-29/h2-13,22,29H,14-15H2,1H3,(H2,26,27).